The highest BCUT2D eigenvalue weighted by Gasteiger charge is 2.10. The van der Waals surface area contributed by atoms with Gasteiger partial charge < -0.3 is 0 Å². The van der Waals surface area contributed by atoms with Crippen LogP contribution in [-0.2, 0) is 0 Å². The standard InChI is InChI=1S/C25H18N2/c1-17-25(22-13-7-12-19(14-22)18-8-3-2-4-9-18)27-24-16-21-11-6-5-10-20(21)15-23(24)26-17/h2-16H,1H3. The average Bonchev–Trinajstić information content (AvgIpc) is 2.72. The second kappa shape index (κ2) is 6.33. The molecule has 2 nitrogen and oxygen atoms in total. The molecule has 5 rings (SSSR count). The zero-order valence-corrected chi connectivity index (χ0v) is 15.1. The van der Waals surface area contributed by atoms with Gasteiger partial charge in [0.05, 0.1) is 22.4 Å². The molecule has 128 valence electrons. The molecule has 0 aliphatic carbocycles. The van der Waals surface area contributed by atoms with E-state index in [-0.39, 0.29) is 0 Å². The van der Waals surface area contributed by atoms with Crippen LogP contribution in [-0.4, -0.2) is 9.97 Å². The van der Waals surface area contributed by atoms with Crippen LogP contribution in [0.4, 0.5) is 0 Å². The molecule has 0 atom stereocenters. The van der Waals surface area contributed by atoms with Gasteiger partial charge in [0.25, 0.3) is 0 Å². The van der Waals surface area contributed by atoms with Gasteiger partial charge in [0.1, 0.15) is 0 Å². The first-order valence-corrected chi connectivity index (χ1v) is 9.11. The summed E-state index contributed by atoms with van der Waals surface area (Å²) in [7, 11) is 0. The third-order valence-electron chi connectivity index (χ3n) is 4.95. The van der Waals surface area contributed by atoms with Crippen molar-refractivity contribution in [1.29, 1.82) is 0 Å². The molecule has 0 saturated carbocycles. The van der Waals surface area contributed by atoms with Gasteiger partial charge in [-0.1, -0.05) is 72.8 Å². The minimum Gasteiger partial charge on any atom is -0.249 e. The van der Waals surface area contributed by atoms with Gasteiger partial charge in [0, 0.05) is 5.56 Å². The number of rotatable bonds is 2. The van der Waals surface area contributed by atoms with E-state index in [4.69, 9.17) is 9.97 Å². The molecule has 27 heavy (non-hydrogen) atoms. The van der Waals surface area contributed by atoms with Crippen molar-refractivity contribution in [2.45, 2.75) is 6.92 Å². The molecular weight excluding hydrogens is 328 g/mol. The molecule has 4 aromatic carbocycles. The van der Waals surface area contributed by atoms with Crippen LogP contribution in [0.15, 0.2) is 91.0 Å². The van der Waals surface area contributed by atoms with Crippen molar-refractivity contribution in [2.24, 2.45) is 0 Å². The van der Waals surface area contributed by atoms with Crippen molar-refractivity contribution in [1.82, 2.24) is 9.97 Å². The molecule has 0 unspecified atom stereocenters. The topological polar surface area (TPSA) is 25.8 Å². The van der Waals surface area contributed by atoms with Crippen LogP contribution >= 0.6 is 0 Å². The monoisotopic (exact) mass is 346 g/mol. The van der Waals surface area contributed by atoms with E-state index in [1.807, 2.05) is 13.0 Å². The second-order valence-electron chi connectivity index (χ2n) is 6.79. The lowest BCUT2D eigenvalue weighted by Crippen LogP contribution is -1.95. The Morgan fingerprint density at radius 3 is 1.85 bits per heavy atom. The average molecular weight is 346 g/mol. The smallest absolute Gasteiger partial charge is 0.0922 e. The zero-order chi connectivity index (χ0) is 18.2. The predicted molar refractivity (Wildman–Crippen MR) is 113 cm³/mol. The summed E-state index contributed by atoms with van der Waals surface area (Å²) < 4.78 is 0. The van der Waals surface area contributed by atoms with Crippen molar-refractivity contribution >= 4 is 21.8 Å². The third kappa shape index (κ3) is 2.85. The summed E-state index contributed by atoms with van der Waals surface area (Å²) in [6.45, 7) is 2.03. The van der Waals surface area contributed by atoms with E-state index in [0.717, 1.165) is 28.0 Å². The van der Waals surface area contributed by atoms with E-state index in [1.165, 1.54) is 21.9 Å². The van der Waals surface area contributed by atoms with E-state index in [2.05, 4.69) is 84.9 Å². The van der Waals surface area contributed by atoms with Gasteiger partial charge in [-0.05, 0) is 47.0 Å². The summed E-state index contributed by atoms with van der Waals surface area (Å²) in [5, 5.41) is 2.38. The van der Waals surface area contributed by atoms with Gasteiger partial charge in [-0.3, -0.25) is 0 Å². The van der Waals surface area contributed by atoms with Crippen molar-refractivity contribution < 1.29 is 0 Å². The number of aryl methyl sites for hydroxylation is 1. The van der Waals surface area contributed by atoms with E-state index in [1.54, 1.807) is 0 Å². The fourth-order valence-corrected chi connectivity index (χ4v) is 3.58. The highest BCUT2D eigenvalue weighted by atomic mass is 14.8. The highest BCUT2D eigenvalue weighted by molar-refractivity contribution is 5.95. The molecule has 0 aliphatic heterocycles. The minimum absolute atomic E-state index is 0.930. The van der Waals surface area contributed by atoms with E-state index < -0.39 is 0 Å². The Morgan fingerprint density at radius 1 is 0.519 bits per heavy atom. The largest absolute Gasteiger partial charge is 0.249 e. The Kier molecular flexibility index (Phi) is 3.68. The predicted octanol–water partition coefficient (Wildman–Crippen LogP) is 6.43. The summed E-state index contributed by atoms with van der Waals surface area (Å²) >= 11 is 0. The number of fused-ring (bicyclic) bond motifs is 2. The number of hydrogen-bond acceptors (Lipinski definition) is 2. The first-order valence-electron chi connectivity index (χ1n) is 9.11. The molecule has 0 radical (unpaired) electrons. The summed E-state index contributed by atoms with van der Waals surface area (Å²) in [5.74, 6) is 0. The van der Waals surface area contributed by atoms with Crippen LogP contribution < -0.4 is 0 Å². The minimum atomic E-state index is 0.930. The maximum Gasteiger partial charge on any atom is 0.0922 e. The van der Waals surface area contributed by atoms with E-state index >= 15 is 0 Å². The molecule has 0 saturated heterocycles. The van der Waals surface area contributed by atoms with Gasteiger partial charge in [-0.2, -0.15) is 0 Å². The van der Waals surface area contributed by atoms with Crippen LogP contribution in [0.3, 0.4) is 0 Å². The van der Waals surface area contributed by atoms with E-state index in [0.29, 0.717) is 0 Å². The van der Waals surface area contributed by atoms with Crippen molar-refractivity contribution in [3.8, 4) is 22.4 Å². The first kappa shape index (κ1) is 15.7. The lowest BCUT2D eigenvalue weighted by Gasteiger charge is -2.10. The van der Waals surface area contributed by atoms with E-state index in [9.17, 15) is 0 Å². The van der Waals surface area contributed by atoms with Crippen LogP contribution in [0.25, 0.3) is 44.2 Å². The fourth-order valence-electron chi connectivity index (χ4n) is 3.58. The normalized spacial score (nSPS) is 11.1. The van der Waals surface area contributed by atoms with Gasteiger partial charge in [-0.15, -0.1) is 0 Å². The van der Waals surface area contributed by atoms with Crippen molar-refractivity contribution in [3.63, 3.8) is 0 Å². The molecule has 0 N–H and O–H groups in total. The molecular formula is C25H18N2. The van der Waals surface area contributed by atoms with Gasteiger partial charge in [0.2, 0.25) is 0 Å². The lowest BCUT2D eigenvalue weighted by atomic mass is 10.0. The van der Waals surface area contributed by atoms with Gasteiger partial charge in [-0.25, -0.2) is 9.97 Å². The Hall–Kier alpha value is -3.52. The zero-order valence-electron chi connectivity index (χ0n) is 15.1. The van der Waals surface area contributed by atoms with Crippen molar-refractivity contribution in [2.75, 3.05) is 0 Å². The Bertz CT molecular complexity index is 1270. The third-order valence-corrected chi connectivity index (χ3v) is 4.95. The van der Waals surface area contributed by atoms with Crippen LogP contribution in [0, 0.1) is 6.92 Å². The molecule has 0 fully saturated rings. The Morgan fingerprint density at radius 2 is 1.11 bits per heavy atom. The number of nitrogens with zero attached hydrogens (tertiary/aromatic N) is 2. The van der Waals surface area contributed by atoms with Crippen LogP contribution in [0.1, 0.15) is 5.69 Å². The lowest BCUT2D eigenvalue weighted by molar-refractivity contribution is 1.19. The summed E-state index contributed by atoms with van der Waals surface area (Å²) in [6, 6.07) is 31.5. The molecule has 0 spiro atoms. The molecule has 0 bridgehead atoms. The second-order valence-corrected chi connectivity index (χ2v) is 6.79. The number of hydrogen-bond donors (Lipinski definition) is 0. The molecule has 1 aromatic heterocycles. The summed E-state index contributed by atoms with van der Waals surface area (Å²) in [5.41, 5.74) is 7.24. The quantitative estimate of drug-likeness (QED) is 0.344. The maximum absolute atomic E-state index is 4.97. The Balaban J connectivity index is 1.68. The molecule has 0 amide bonds. The summed E-state index contributed by atoms with van der Waals surface area (Å²) in [4.78, 5) is 9.81. The Labute approximate surface area is 158 Å². The number of benzene rings is 4. The van der Waals surface area contributed by atoms with Crippen molar-refractivity contribution in [3.05, 3.63) is 96.7 Å². The van der Waals surface area contributed by atoms with Crippen LogP contribution in [0.2, 0.25) is 0 Å². The molecule has 1 heterocycles. The summed E-state index contributed by atoms with van der Waals surface area (Å²) in [6.07, 6.45) is 0. The van der Waals surface area contributed by atoms with Crippen LogP contribution in [0.5, 0.6) is 0 Å². The maximum atomic E-state index is 4.97. The SMILES string of the molecule is Cc1nc2cc3ccccc3cc2nc1-c1cccc(-c2ccccc2)c1. The fraction of sp³-hybridized carbons (Fsp3) is 0.0400. The first-order chi connectivity index (χ1) is 13.3. The highest BCUT2D eigenvalue weighted by Crippen LogP contribution is 2.29. The number of aromatic nitrogens is 2. The molecule has 2 heteroatoms. The van der Waals surface area contributed by atoms with Gasteiger partial charge >= 0.3 is 0 Å². The molecule has 5 aromatic rings. The molecule has 0 aliphatic rings. The van der Waals surface area contributed by atoms with Gasteiger partial charge in [0.15, 0.2) is 0 Å².